The average molecular weight is 336 g/mol. The summed E-state index contributed by atoms with van der Waals surface area (Å²) in [5.74, 6) is 0.773. The maximum atomic E-state index is 5.43. The number of methoxy groups -OCH3 is 1. The quantitative estimate of drug-likeness (QED) is 0.680. The first-order chi connectivity index (χ1) is 11.7. The van der Waals surface area contributed by atoms with Gasteiger partial charge < -0.3 is 15.4 Å². The van der Waals surface area contributed by atoms with E-state index >= 15 is 0 Å². The smallest absolute Gasteiger partial charge is 0.171 e. The van der Waals surface area contributed by atoms with Crippen LogP contribution in [0.3, 0.4) is 0 Å². The highest BCUT2D eigenvalue weighted by Crippen LogP contribution is 2.25. The number of thiocarbonyl (C=S) groups is 1. The molecule has 3 nitrogen and oxygen atoms in total. The lowest BCUT2D eigenvalue weighted by Crippen LogP contribution is -2.28. The van der Waals surface area contributed by atoms with Crippen LogP contribution in [0.4, 0.5) is 5.69 Å². The van der Waals surface area contributed by atoms with Crippen molar-refractivity contribution in [3.63, 3.8) is 0 Å². The van der Waals surface area contributed by atoms with Crippen LogP contribution in [-0.4, -0.2) is 12.2 Å². The van der Waals surface area contributed by atoms with Crippen molar-refractivity contribution in [2.45, 2.75) is 13.5 Å². The van der Waals surface area contributed by atoms with Gasteiger partial charge in [-0.1, -0.05) is 48.5 Å². The number of ether oxygens (including phenoxy) is 1. The molecule has 0 spiro atoms. The summed E-state index contributed by atoms with van der Waals surface area (Å²) in [6, 6.07) is 20.6. The Bertz CT molecular complexity index is 871. The van der Waals surface area contributed by atoms with Crippen LogP contribution < -0.4 is 15.4 Å². The number of rotatable bonds is 4. The number of nitrogens with one attached hydrogen (secondary N) is 2. The number of hydrogen-bond donors (Lipinski definition) is 2. The minimum atomic E-state index is 0.576. The molecule has 0 atom stereocenters. The number of benzene rings is 3. The normalized spacial score (nSPS) is 10.4. The van der Waals surface area contributed by atoms with Crippen molar-refractivity contribution in [3.05, 3.63) is 71.8 Å². The lowest BCUT2D eigenvalue weighted by Gasteiger charge is -2.15. The molecule has 0 aliphatic heterocycles. The molecule has 4 heteroatoms. The molecule has 0 heterocycles. The lowest BCUT2D eigenvalue weighted by atomic mass is 10.0. The van der Waals surface area contributed by atoms with Gasteiger partial charge in [0.25, 0.3) is 0 Å². The van der Waals surface area contributed by atoms with Gasteiger partial charge in [-0.15, -0.1) is 0 Å². The molecule has 0 radical (unpaired) electrons. The van der Waals surface area contributed by atoms with Gasteiger partial charge in [0.15, 0.2) is 5.11 Å². The van der Waals surface area contributed by atoms with E-state index in [1.165, 1.54) is 16.3 Å². The minimum absolute atomic E-state index is 0.576. The van der Waals surface area contributed by atoms with E-state index in [2.05, 4.69) is 53.1 Å². The molecule has 0 aliphatic carbocycles. The summed E-state index contributed by atoms with van der Waals surface area (Å²) in [5, 5.41) is 9.54. The molecular weight excluding hydrogens is 316 g/mol. The second-order valence-corrected chi connectivity index (χ2v) is 6.06. The molecule has 0 aliphatic rings. The molecule has 2 N–H and O–H groups in total. The predicted octanol–water partition coefficient (Wildman–Crippen LogP) is 4.64. The zero-order chi connectivity index (χ0) is 16.9. The maximum absolute atomic E-state index is 5.43. The fourth-order valence-electron chi connectivity index (χ4n) is 2.71. The molecule has 3 aromatic carbocycles. The van der Waals surface area contributed by atoms with Crippen molar-refractivity contribution in [1.29, 1.82) is 0 Å². The van der Waals surface area contributed by atoms with E-state index in [1.54, 1.807) is 7.11 Å². The molecule has 122 valence electrons. The van der Waals surface area contributed by atoms with Crippen LogP contribution in [0, 0.1) is 6.92 Å². The van der Waals surface area contributed by atoms with E-state index in [0.717, 1.165) is 17.0 Å². The first-order valence-corrected chi connectivity index (χ1v) is 8.24. The molecule has 0 aromatic heterocycles. The van der Waals surface area contributed by atoms with E-state index in [4.69, 9.17) is 17.0 Å². The summed E-state index contributed by atoms with van der Waals surface area (Å²) in [7, 11) is 1.66. The third-order valence-corrected chi connectivity index (χ3v) is 4.17. The van der Waals surface area contributed by atoms with E-state index in [9.17, 15) is 0 Å². The van der Waals surface area contributed by atoms with Crippen molar-refractivity contribution >= 4 is 33.8 Å². The van der Waals surface area contributed by atoms with Gasteiger partial charge in [-0.2, -0.15) is 0 Å². The monoisotopic (exact) mass is 336 g/mol. The van der Waals surface area contributed by atoms with Crippen molar-refractivity contribution in [1.82, 2.24) is 5.32 Å². The molecule has 0 bridgehead atoms. The van der Waals surface area contributed by atoms with E-state index < -0.39 is 0 Å². The molecule has 24 heavy (non-hydrogen) atoms. The fraction of sp³-hybridized carbons (Fsp3) is 0.150. The van der Waals surface area contributed by atoms with Crippen LogP contribution in [0.5, 0.6) is 5.75 Å². The Labute approximate surface area is 147 Å². The summed E-state index contributed by atoms with van der Waals surface area (Å²) >= 11 is 5.43. The Hall–Kier alpha value is -2.59. The predicted molar refractivity (Wildman–Crippen MR) is 105 cm³/mol. The van der Waals surface area contributed by atoms with Gasteiger partial charge in [-0.25, -0.2) is 0 Å². The summed E-state index contributed by atoms with van der Waals surface area (Å²) in [6.07, 6.45) is 0. The van der Waals surface area contributed by atoms with Crippen molar-refractivity contribution in [3.8, 4) is 5.75 Å². The van der Waals surface area contributed by atoms with Crippen LogP contribution in [0.1, 0.15) is 11.1 Å². The van der Waals surface area contributed by atoms with Crippen molar-refractivity contribution < 1.29 is 4.74 Å². The Morgan fingerprint density at radius 1 is 1.04 bits per heavy atom. The van der Waals surface area contributed by atoms with Crippen molar-refractivity contribution in [2.24, 2.45) is 0 Å². The zero-order valence-corrected chi connectivity index (χ0v) is 14.6. The molecule has 0 unspecified atom stereocenters. The second kappa shape index (κ2) is 7.32. The van der Waals surface area contributed by atoms with Crippen LogP contribution in [0.15, 0.2) is 60.7 Å². The topological polar surface area (TPSA) is 33.3 Å². The number of anilines is 1. The average Bonchev–Trinajstić information content (AvgIpc) is 2.60. The van der Waals surface area contributed by atoms with Crippen molar-refractivity contribution in [2.75, 3.05) is 12.4 Å². The molecular formula is C20H20N2OS. The maximum Gasteiger partial charge on any atom is 0.171 e. The van der Waals surface area contributed by atoms with Crippen LogP contribution in [0.25, 0.3) is 10.8 Å². The highest BCUT2D eigenvalue weighted by Gasteiger charge is 2.06. The molecule has 0 saturated carbocycles. The molecule has 0 fully saturated rings. The fourth-order valence-corrected chi connectivity index (χ4v) is 2.89. The Kier molecular flexibility index (Phi) is 4.96. The number of hydrogen-bond acceptors (Lipinski definition) is 2. The number of aryl methyl sites for hydroxylation is 1. The van der Waals surface area contributed by atoms with Gasteiger partial charge in [-0.05, 0) is 53.2 Å². The minimum Gasteiger partial charge on any atom is -0.495 e. The Morgan fingerprint density at radius 2 is 1.83 bits per heavy atom. The molecule has 3 rings (SSSR count). The van der Waals surface area contributed by atoms with E-state index in [-0.39, 0.29) is 0 Å². The highest BCUT2D eigenvalue weighted by molar-refractivity contribution is 7.80. The Balaban J connectivity index is 1.71. The van der Waals surface area contributed by atoms with Gasteiger partial charge in [-0.3, -0.25) is 0 Å². The first-order valence-electron chi connectivity index (χ1n) is 7.83. The van der Waals surface area contributed by atoms with E-state index in [1.807, 2.05) is 25.1 Å². The highest BCUT2D eigenvalue weighted by atomic mass is 32.1. The zero-order valence-electron chi connectivity index (χ0n) is 13.8. The number of fused-ring (bicyclic) bond motifs is 1. The molecule has 0 amide bonds. The van der Waals surface area contributed by atoms with Crippen LogP contribution in [-0.2, 0) is 6.54 Å². The first kappa shape index (κ1) is 16.3. The largest absolute Gasteiger partial charge is 0.495 e. The standard InChI is InChI=1S/C20H20N2OS/c1-14-10-11-19(23-2)18(12-14)22-20(24)21-13-16-8-5-7-15-6-3-4-9-17(15)16/h3-12H,13H2,1-2H3,(H2,21,22,24). The van der Waals surface area contributed by atoms with Crippen LogP contribution >= 0.6 is 12.2 Å². The summed E-state index contributed by atoms with van der Waals surface area (Å²) in [5.41, 5.74) is 3.23. The second-order valence-electron chi connectivity index (χ2n) is 5.65. The third kappa shape index (κ3) is 3.66. The van der Waals surface area contributed by atoms with E-state index in [0.29, 0.717) is 11.7 Å². The van der Waals surface area contributed by atoms with Crippen LogP contribution in [0.2, 0.25) is 0 Å². The van der Waals surface area contributed by atoms with Gasteiger partial charge in [0, 0.05) is 6.54 Å². The summed E-state index contributed by atoms with van der Waals surface area (Å²) in [4.78, 5) is 0. The van der Waals surface area contributed by atoms with Gasteiger partial charge in [0.2, 0.25) is 0 Å². The van der Waals surface area contributed by atoms with Gasteiger partial charge in [0.1, 0.15) is 5.75 Å². The molecule has 3 aromatic rings. The molecule has 0 saturated heterocycles. The summed E-state index contributed by atoms with van der Waals surface area (Å²) in [6.45, 7) is 2.71. The third-order valence-electron chi connectivity index (χ3n) is 3.92. The van der Waals surface area contributed by atoms with Gasteiger partial charge in [0.05, 0.1) is 12.8 Å². The lowest BCUT2D eigenvalue weighted by molar-refractivity contribution is 0.417. The summed E-state index contributed by atoms with van der Waals surface area (Å²) < 4.78 is 5.37. The van der Waals surface area contributed by atoms with Gasteiger partial charge >= 0.3 is 0 Å². The SMILES string of the molecule is COc1ccc(C)cc1NC(=S)NCc1cccc2ccccc12. The Morgan fingerprint density at radius 3 is 2.67 bits per heavy atom.